The summed E-state index contributed by atoms with van der Waals surface area (Å²) in [5.41, 5.74) is 4.75. The average Bonchev–Trinajstić information content (AvgIpc) is 2.67. The lowest BCUT2D eigenvalue weighted by Crippen LogP contribution is -1.98. The first-order valence-corrected chi connectivity index (χ1v) is 10.3. The molecule has 0 saturated carbocycles. The maximum atomic E-state index is 12.9. The van der Waals surface area contributed by atoms with Crippen LogP contribution in [0.3, 0.4) is 0 Å². The first-order chi connectivity index (χ1) is 12.9. The molecule has 0 radical (unpaired) electrons. The second kappa shape index (κ2) is 8.19. The molecule has 3 aromatic carbocycles. The summed E-state index contributed by atoms with van der Waals surface area (Å²) < 4.78 is 25.7. The van der Waals surface area contributed by atoms with E-state index < -0.39 is 9.84 Å². The van der Waals surface area contributed by atoms with Crippen LogP contribution in [0.5, 0.6) is 0 Å². The third-order valence-electron chi connectivity index (χ3n) is 4.27. The molecule has 0 heterocycles. The van der Waals surface area contributed by atoms with Gasteiger partial charge in [-0.15, -0.1) is 0 Å². The zero-order valence-electron chi connectivity index (χ0n) is 15.5. The molecule has 3 aromatic rings. The van der Waals surface area contributed by atoms with E-state index >= 15 is 0 Å². The van der Waals surface area contributed by atoms with Gasteiger partial charge in [-0.3, -0.25) is 0 Å². The third kappa shape index (κ3) is 5.05. The van der Waals surface area contributed by atoms with Gasteiger partial charge in [-0.1, -0.05) is 90.0 Å². The van der Waals surface area contributed by atoms with Crippen LogP contribution in [-0.2, 0) is 9.84 Å². The first kappa shape index (κ1) is 18.9. The third-order valence-corrected chi connectivity index (χ3v) is 5.76. The van der Waals surface area contributed by atoms with Crippen molar-refractivity contribution in [2.75, 3.05) is 0 Å². The van der Waals surface area contributed by atoms with Gasteiger partial charge in [0.05, 0.1) is 4.90 Å². The van der Waals surface area contributed by atoms with Crippen molar-refractivity contribution >= 4 is 21.5 Å². The minimum atomic E-state index is -3.55. The lowest BCUT2D eigenvalue weighted by atomic mass is 10.1. The Bertz CT molecular complexity index is 1060. The summed E-state index contributed by atoms with van der Waals surface area (Å²) in [5, 5.41) is 1.34. The van der Waals surface area contributed by atoms with E-state index in [2.05, 4.69) is 0 Å². The highest BCUT2D eigenvalue weighted by molar-refractivity contribution is 7.94. The normalized spacial score (nSPS) is 12.4. The van der Waals surface area contributed by atoms with Crippen molar-refractivity contribution in [3.05, 3.63) is 113 Å². The highest BCUT2D eigenvalue weighted by atomic mass is 32.2. The zero-order valence-corrected chi connectivity index (χ0v) is 16.3. The molecule has 3 rings (SSSR count). The van der Waals surface area contributed by atoms with E-state index in [4.69, 9.17) is 0 Å². The average molecular weight is 375 g/mol. The van der Waals surface area contributed by atoms with Gasteiger partial charge in [0.15, 0.2) is 9.84 Å². The molecule has 0 bridgehead atoms. The van der Waals surface area contributed by atoms with Crippen LogP contribution in [0.4, 0.5) is 0 Å². The molecule has 0 aliphatic rings. The highest BCUT2D eigenvalue weighted by Crippen LogP contribution is 2.23. The van der Waals surface area contributed by atoms with Gasteiger partial charge in [0.25, 0.3) is 0 Å². The number of benzene rings is 3. The van der Waals surface area contributed by atoms with Crippen LogP contribution in [-0.4, -0.2) is 8.42 Å². The Morgan fingerprint density at radius 3 is 1.89 bits per heavy atom. The SMILES string of the molecule is Cc1ccc(C=C/C(=C\S(=O)(=O)c2ccc(C)cc2)c2ccccc2)cc1. The minimum absolute atomic E-state index is 0.297. The molecule has 2 nitrogen and oxygen atoms in total. The summed E-state index contributed by atoms with van der Waals surface area (Å²) >= 11 is 0. The Balaban J connectivity index is 2.03. The van der Waals surface area contributed by atoms with Crippen LogP contribution in [0.2, 0.25) is 0 Å². The van der Waals surface area contributed by atoms with Crippen molar-refractivity contribution in [3.8, 4) is 0 Å². The molecule has 0 atom stereocenters. The molecule has 0 aliphatic carbocycles. The Morgan fingerprint density at radius 1 is 0.741 bits per heavy atom. The standard InChI is InChI=1S/C24H22O2S/c1-19-8-12-21(13-9-19)14-15-23(22-6-4-3-5-7-22)18-27(25,26)24-16-10-20(2)11-17-24/h3-18H,1-2H3/b15-14?,23-18+. The van der Waals surface area contributed by atoms with Gasteiger partial charge in [0.1, 0.15) is 0 Å². The van der Waals surface area contributed by atoms with Gasteiger partial charge in [-0.2, -0.15) is 0 Å². The second-order valence-corrected chi connectivity index (χ2v) is 8.34. The van der Waals surface area contributed by atoms with Crippen molar-refractivity contribution in [2.24, 2.45) is 0 Å². The predicted molar refractivity (Wildman–Crippen MR) is 113 cm³/mol. The molecule has 0 aromatic heterocycles. The maximum Gasteiger partial charge on any atom is 0.200 e. The van der Waals surface area contributed by atoms with Crippen molar-refractivity contribution in [3.63, 3.8) is 0 Å². The van der Waals surface area contributed by atoms with Crippen LogP contribution in [0.15, 0.2) is 95.2 Å². The molecule has 0 aliphatic heterocycles. The Kier molecular flexibility index (Phi) is 5.72. The summed E-state index contributed by atoms with van der Waals surface area (Å²) in [6, 6.07) is 24.6. The topological polar surface area (TPSA) is 34.1 Å². The van der Waals surface area contributed by atoms with Gasteiger partial charge in [-0.05, 0) is 42.7 Å². The van der Waals surface area contributed by atoms with Crippen LogP contribution in [0.25, 0.3) is 11.6 Å². The maximum absolute atomic E-state index is 12.9. The number of aryl methyl sites for hydroxylation is 2. The van der Waals surface area contributed by atoms with E-state index in [1.165, 1.54) is 11.0 Å². The van der Waals surface area contributed by atoms with Gasteiger partial charge < -0.3 is 0 Å². The van der Waals surface area contributed by atoms with Crippen molar-refractivity contribution in [1.82, 2.24) is 0 Å². The van der Waals surface area contributed by atoms with Crippen LogP contribution in [0.1, 0.15) is 22.3 Å². The fourth-order valence-corrected chi connectivity index (χ4v) is 3.86. The molecule has 27 heavy (non-hydrogen) atoms. The van der Waals surface area contributed by atoms with Crippen molar-refractivity contribution in [2.45, 2.75) is 18.7 Å². The van der Waals surface area contributed by atoms with E-state index in [9.17, 15) is 8.42 Å². The number of hydrogen-bond donors (Lipinski definition) is 0. The van der Waals surface area contributed by atoms with Gasteiger partial charge in [0, 0.05) is 5.41 Å². The molecule has 0 fully saturated rings. The molecule has 0 amide bonds. The summed E-state index contributed by atoms with van der Waals surface area (Å²) in [7, 11) is -3.55. The molecular weight excluding hydrogens is 352 g/mol. The van der Waals surface area contributed by atoms with Gasteiger partial charge in [0.2, 0.25) is 0 Å². The largest absolute Gasteiger partial charge is 0.219 e. The molecule has 0 N–H and O–H groups in total. The number of sulfone groups is 1. The lowest BCUT2D eigenvalue weighted by molar-refractivity contribution is 0.604. The zero-order chi connectivity index (χ0) is 19.3. The number of hydrogen-bond acceptors (Lipinski definition) is 2. The highest BCUT2D eigenvalue weighted by Gasteiger charge is 2.12. The van der Waals surface area contributed by atoms with Gasteiger partial charge >= 0.3 is 0 Å². The first-order valence-electron chi connectivity index (χ1n) is 8.78. The fraction of sp³-hybridized carbons (Fsp3) is 0.0833. The van der Waals surface area contributed by atoms with E-state index in [-0.39, 0.29) is 0 Å². The van der Waals surface area contributed by atoms with Crippen LogP contribution < -0.4 is 0 Å². The number of allylic oxidation sites excluding steroid dienone is 2. The van der Waals surface area contributed by atoms with Crippen LogP contribution in [0, 0.1) is 13.8 Å². The van der Waals surface area contributed by atoms with Crippen molar-refractivity contribution < 1.29 is 8.42 Å². The van der Waals surface area contributed by atoms with E-state index in [1.54, 1.807) is 12.1 Å². The molecule has 0 saturated heterocycles. The summed E-state index contributed by atoms with van der Waals surface area (Å²) in [6.45, 7) is 3.98. The molecule has 136 valence electrons. The lowest BCUT2D eigenvalue weighted by Gasteiger charge is -2.05. The summed E-state index contributed by atoms with van der Waals surface area (Å²) in [6.07, 6.45) is 3.79. The van der Waals surface area contributed by atoms with E-state index in [0.29, 0.717) is 10.5 Å². The molecule has 0 spiro atoms. The Morgan fingerprint density at radius 2 is 1.30 bits per heavy atom. The van der Waals surface area contributed by atoms with Crippen molar-refractivity contribution in [1.29, 1.82) is 0 Å². The summed E-state index contributed by atoms with van der Waals surface area (Å²) in [5.74, 6) is 0. The van der Waals surface area contributed by atoms with E-state index in [1.807, 2.05) is 92.7 Å². The Hall–Kier alpha value is -2.91. The quantitative estimate of drug-likeness (QED) is 0.526. The van der Waals surface area contributed by atoms with E-state index in [0.717, 1.165) is 16.7 Å². The predicted octanol–water partition coefficient (Wildman–Crippen LogP) is 5.83. The van der Waals surface area contributed by atoms with Gasteiger partial charge in [-0.25, -0.2) is 8.42 Å². The Labute approximate surface area is 161 Å². The number of rotatable bonds is 5. The monoisotopic (exact) mass is 374 g/mol. The second-order valence-electron chi connectivity index (χ2n) is 6.54. The smallest absolute Gasteiger partial charge is 0.200 e. The fourth-order valence-electron chi connectivity index (χ4n) is 2.66. The van der Waals surface area contributed by atoms with Crippen LogP contribution >= 0.6 is 0 Å². The minimum Gasteiger partial charge on any atom is -0.219 e. The molecule has 3 heteroatoms. The molecular formula is C24H22O2S. The molecule has 0 unspecified atom stereocenters. The summed E-state index contributed by atoms with van der Waals surface area (Å²) in [4.78, 5) is 0.297.